The van der Waals surface area contributed by atoms with Gasteiger partial charge in [-0.25, -0.2) is 14.4 Å². The van der Waals surface area contributed by atoms with E-state index in [1.165, 1.54) is 16.9 Å². The lowest BCUT2D eigenvalue weighted by Gasteiger charge is -2.43. The molecule has 3 aliphatic rings. The number of anilines is 3. The van der Waals surface area contributed by atoms with Crippen LogP contribution in [0.15, 0.2) is 48.8 Å². The number of aliphatic hydroxyl groups is 1. The number of nitrogens with zero attached hydrogens (tertiary/aromatic N) is 7. The Labute approximate surface area is 255 Å². The molecule has 3 saturated heterocycles. The summed E-state index contributed by atoms with van der Waals surface area (Å²) >= 11 is 0. The van der Waals surface area contributed by atoms with Crippen LogP contribution < -0.4 is 15.0 Å². The molecule has 3 aliphatic heterocycles. The zero-order valence-corrected chi connectivity index (χ0v) is 24.5. The molecule has 0 saturated carbocycles. The van der Waals surface area contributed by atoms with Crippen LogP contribution in [0.4, 0.5) is 21.7 Å². The first-order chi connectivity index (χ1) is 21.4. The molecule has 4 heterocycles. The molecule has 44 heavy (non-hydrogen) atoms. The van der Waals surface area contributed by atoms with Crippen LogP contribution in [0.3, 0.4) is 0 Å². The normalized spacial score (nSPS) is 22.6. The molecule has 0 aliphatic carbocycles. The Hall–Kier alpha value is -4.38. The highest BCUT2D eigenvalue weighted by Gasteiger charge is 2.37. The standard InChI is InChI=1S/C31H35FN8O4/c1-20-12-28(26(32)15-40(20)29(42)16-41)44-27-7-2-21(13-22(27)14-33)30-34-19-35-31(37-30)36-23-3-5-24(6-4-23)38-8-10-39(11-9-38)25-17-43-18-25/h2-7,13,19-20,25-26,28,41H,8-12,15-18H2,1H3,(H,34,35,36,37)/t20-,26-,28-/m0/s1. The Balaban J connectivity index is 1.09. The lowest BCUT2D eigenvalue weighted by molar-refractivity contribution is -0.141. The molecule has 6 rings (SSSR count). The quantitative estimate of drug-likeness (QED) is 0.393. The number of ether oxygens (including phenoxy) is 2. The minimum absolute atomic E-state index is 0.178. The van der Waals surface area contributed by atoms with Crippen molar-refractivity contribution in [2.24, 2.45) is 0 Å². The maximum absolute atomic E-state index is 14.9. The molecule has 3 atom stereocenters. The minimum Gasteiger partial charge on any atom is -0.486 e. The van der Waals surface area contributed by atoms with Crippen LogP contribution >= 0.6 is 0 Å². The fourth-order valence-electron chi connectivity index (χ4n) is 5.84. The van der Waals surface area contributed by atoms with E-state index >= 15 is 0 Å². The minimum atomic E-state index is -1.46. The summed E-state index contributed by atoms with van der Waals surface area (Å²) in [6.07, 6.45) is -0.664. The Bertz CT molecular complexity index is 1510. The van der Waals surface area contributed by atoms with E-state index in [2.05, 4.69) is 48.3 Å². The predicted molar refractivity (Wildman–Crippen MR) is 160 cm³/mol. The lowest BCUT2D eigenvalue weighted by Crippen LogP contribution is -2.56. The van der Waals surface area contributed by atoms with Gasteiger partial charge in [-0.1, -0.05) is 0 Å². The van der Waals surface area contributed by atoms with E-state index in [9.17, 15) is 14.4 Å². The van der Waals surface area contributed by atoms with Gasteiger partial charge in [-0.3, -0.25) is 9.69 Å². The van der Waals surface area contributed by atoms with Crippen molar-refractivity contribution in [3.63, 3.8) is 0 Å². The van der Waals surface area contributed by atoms with Crippen LogP contribution in [0, 0.1) is 11.3 Å². The van der Waals surface area contributed by atoms with Gasteiger partial charge in [0.2, 0.25) is 11.9 Å². The van der Waals surface area contributed by atoms with Crippen molar-refractivity contribution < 1.29 is 23.8 Å². The summed E-state index contributed by atoms with van der Waals surface area (Å²) < 4.78 is 26.2. The Morgan fingerprint density at radius 3 is 2.61 bits per heavy atom. The van der Waals surface area contributed by atoms with Gasteiger partial charge in [-0.05, 0) is 49.4 Å². The van der Waals surface area contributed by atoms with E-state index in [-0.39, 0.29) is 30.3 Å². The molecular formula is C31H35FN8O4. The van der Waals surface area contributed by atoms with E-state index in [0.717, 1.165) is 45.1 Å². The van der Waals surface area contributed by atoms with E-state index in [4.69, 9.17) is 14.6 Å². The van der Waals surface area contributed by atoms with Gasteiger partial charge >= 0.3 is 0 Å². The van der Waals surface area contributed by atoms with Crippen molar-refractivity contribution >= 4 is 23.2 Å². The van der Waals surface area contributed by atoms with Gasteiger partial charge in [0.05, 0.1) is 31.4 Å². The molecule has 1 aromatic heterocycles. The second-order valence-electron chi connectivity index (χ2n) is 11.3. The second kappa shape index (κ2) is 13.1. The van der Waals surface area contributed by atoms with E-state index < -0.39 is 24.8 Å². The number of nitrogens with one attached hydrogen (secondary N) is 1. The predicted octanol–water partition coefficient (Wildman–Crippen LogP) is 2.37. The number of hydrogen-bond acceptors (Lipinski definition) is 11. The average Bonchev–Trinajstić information content (AvgIpc) is 3.02. The molecule has 3 fully saturated rings. The number of nitriles is 1. The Kier molecular flexibility index (Phi) is 8.83. The zero-order valence-electron chi connectivity index (χ0n) is 24.5. The number of halogens is 1. The smallest absolute Gasteiger partial charge is 0.248 e. The van der Waals surface area contributed by atoms with Crippen LogP contribution in [-0.4, -0.2) is 113 Å². The second-order valence-corrected chi connectivity index (χ2v) is 11.3. The Morgan fingerprint density at radius 2 is 1.93 bits per heavy atom. The molecule has 0 spiro atoms. The topological polar surface area (TPSA) is 140 Å². The fraction of sp³-hybridized carbons (Fsp3) is 0.452. The summed E-state index contributed by atoms with van der Waals surface area (Å²) in [5, 5.41) is 22.2. The molecule has 230 valence electrons. The molecule has 0 unspecified atom stereocenters. The van der Waals surface area contributed by atoms with Crippen molar-refractivity contribution in [3.05, 3.63) is 54.4 Å². The Morgan fingerprint density at radius 1 is 1.16 bits per heavy atom. The lowest BCUT2D eigenvalue weighted by atomic mass is 9.98. The number of aromatic nitrogens is 3. The maximum Gasteiger partial charge on any atom is 0.248 e. The maximum atomic E-state index is 14.9. The summed E-state index contributed by atoms with van der Waals surface area (Å²) in [5.41, 5.74) is 2.79. The van der Waals surface area contributed by atoms with Crippen LogP contribution in [0.5, 0.6) is 5.75 Å². The van der Waals surface area contributed by atoms with Gasteiger partial charge in [0, 0.05) is 55.6 Å². The number of alkyl halides is 1. The van der Waals surface area contributed by atoms with Crippen molar-refractivity contribution in [3.8, 4) is 23.2 Å². The summed E-state index contributed by atoms with van der Waals surface area (Å²) in [4.78, 5) is 31.2. The first-order valence-corrected chi connectivity index (χ1v) is 14.8. The highest BCUT2D eigenvalue weighted by atomic mass is 19.1. The highest BCUT2D eigenvalue weighted by Crippen LogP contribution is 2.30. The van der Waals surface area contributed by atoms with E-state index in [0.29, 0.717) is 23.4 Å². The summed E-state index contributed by atoms with van der Waals surface area (Å²) in [5.74, 6) is 0.443. The average molecular weight is 603 g/mol. The first kappa shape index (κ1) is 29.7. The first-order valence-electron chi connectivity index (χ1n) is 14.8. The van der Waals surface area contributed by atoms with Crippen LogP contribution in [-0.2, 0) is 9.53 Å². The van der Waals surface area contributed by atoms with Gasteiger partial charge in [0.25, 0.3) is 0 Å². The van der Waals surface area contributed by atoms with Gasteiger partial charge < -0.3 is 29.7 Å². The number of benzene rings is 2. The number of hydrogen-bond donors (Lipinski definition) is 2. The molecule has 3 aromatic rings. The zero-order chi connectivity index (χ0) is 30.6. The number of carbonyl (C=O) groups is 1. The number of piperazine rings is 1. The molecule has 2 aromatic carbocycles. The molecule has 0 radical (unpaired) electrons. The molecule has 13 heteroatoms. The molecule has 12 nitrogen and oxygen atoms in total. The summed E-state index contributed by atoms with van der Waals surface area (Å²) in [7, 11) is 0. The number of aliphatic hydroxyl groups excluding tert-OH is 1. The summed E-state index contributed by atoms with van der Waals surface area (Å²) in [6, 6.07) is 15.4. The molecule has 0 bridgehead atoms. The number of carbonyl (C=O) groups excluding carboxylic acids is 1. The van der Waals surface area contributed by atoms with Crippen molar-refractivity contribution in [1.29, 1.82) is 5.26 Å². The van der Waals surface area contributed by atoms with Gasteiger partial charge in [-0.2, -0.15) is 10.2 Å². The van der Waals surface area contributed by atoms with E-state index in [1.807, 2.05) is 12.1 Å². The number of piperidine rings is 1. The largest absolute Gasteiger partial charge is 0.486 e. The van der Waals surface area contributed by atoms with Gasteiger partial charge in [-0.15, -0.1) is 0 Å². The SMILES string of the molecule is C[C@H]1C[C@H](Oc2ccc(-c3ncnc(Nc4ccc(N5CCN(C6COC6)CC5)cc4)n3)cc2C#N)[C@@H](F)CN1C(=O)CO. The van der Waals surface area contributed by atoms with Crippen molar-refractivity contribution in [1.82, 2.24) is 24.8 Å². The van der Waals surface area contributed by atoms with Crippen LogP contribution in [0.1, 0.15) is 18.9 Å². The number of amides is 1. The fourth-order valence-corrected chi connectivity index (χ4v) is 5.84. The monoisotopic (exact) mass is 602 g/mol. The van der Waals surface area contributed by atoms with E-state index in [1.54, 1.807) is 25.1 Å². The van der Waals surface area contributed by atoms with Crippen molar-refractivity contribution in [2.75, 3.05) is 62.8 Å². The van der Waals surface area contributed by atoms with Crippen molar-refractivity contribution in [2.45, 2.75) is 37.7 Å². The number of rotatable bonds is 8. The van der Waals surface area contributed by atoms with Gasteiger partial charge in [0.15, 0.2) is 12.0 Å². The third-order valence-corrected chi connectivity index (χ3v) is 8.48. The van der Waals surface area contributed by atoms with Crippen LogP contribution in [0.25, 0.3) is 11.4 Å². The molecular weight excluding hydrogens is 567 g/mol. The van der Waals surface area contributed by atoms with Gasteiger partial charge in [0.1, 0.15) is 30.9 Å². The molecule has 1 amide bonds. The molecule has 2 N–H and O–H groups in total. The third kappa shape index (κ3) is 6.42. The highest BCUT2D eigenvalue weighted by molar-refractivity contribution is 5.77. The third-order valence-electron chi connectivity index (χ3n) is 8.48. The number of likely N-dealkylation sites (tertiary alicyclic amines) is 1. The van der Waals surface area contributed by atoms with Crippen LogP contribution in [0.2, 0.25) is 0 Å². The summed E-state index contributed by atoms with van der Waals surface area (Å²) in [6.45, 7) is 6.64.